The van der Waals surface area contributed by atoms with Gasteiger partial charge in [0.2, 0.25) is 0 Å². The Hall–Kier alpha value is -2.37. The molecule has 0 saturated carbocycles. The van der Waals surface area contributed by atoms with Crippen molar-refractivity contribution < 1.29 is 9.59 Å². The van der Waals surface area contributed by atoms with Crippen LogP contribution >= 0.6 is 11.6 Å². The monoisotopic (exact) mass is 439 g/mol. The zero-order chi connectivity index (χ0) is 21.8. The SMILES string of the molecule is C[C@H]1NC(=O)N(CC(CCN2CCC(c3ccccc3)CC2)c2cccc(Cl)c2)C1=O. The highest BCUT2D eigenvalue weighted by atomic mass is 35.5. The van der Waals surface area contributed by atoms with Gasteiger partial charge >= 0.3 is 6.03 Å². The van der Waals surface area contributed by atoms with Gasteiger partial charge in [-0.15, -0.1) is 0 Å². The molecule has 2 aliphatic heterocycles. The predicted octanol–water partition coefficient (Wildman–Crippen LogP) is 4.63. The zero-order valence-corrected chi connectivity index (χ0v) is 18.7. The Morgan fingerprint density at radius 3 is 2.45 bits per heavy atom. The smallest absolute Gasteiger partial charge is 0.324 e. The van der Waals surface area contributed by atoms with Crippen LogP contribution in [-0.2, 0) is 4.79 Å². The number of halogens is 1. The molecule has 6 heteroatoms. The number of rotatable bonds is 7. The number of hydrogen-bond acceptors (Lipinski definition) is 3. The van der Waals surface area contributed by atoms with E-state index in [1.807, 2.05) is 24.3 Å². The summed E-state index contributed by atoms with van der Waals surface area (Å²) in [6.07, 6.45) is 3.20. The third kappa shape index (κ3) is 5.28. The maximum absolute atomic E-state index is 12.4. The Kier molecular flexibility index (Phi) is 6.93. The van der Waals surface area contributed by atoms with E-state index in [4.69, 9.17) is 11.6 Å². The van der Waals surface area contributed by atoms with Crippen LogP contribution in [0.2, 0.25) is 5.02 Å². The molecule has 2 aliphatic rings. The second-order valence-corrected chi connectivity index (χ2v) is 9.12. The molecule has 2 aromatic rings. The topological polar surface area (TPSA) is 52.7 Å². The van der Waals surface area contributed by atoms with Crippen LogP contribution in [0.15, 0.2) is 54.6 Å². The van der Waals surface area contributed by atoms with Crippen molar-refractivity contribution in [1.82, 2.24) is 15.1 Å². The minimum atomic E-state index is -0.454. The zero-order valence-electron chi connectivity index (χ0n) is 18.0. The van der Waals surface area contributed by atoms with E-state index in [1.54, 1.807) is 6.92 Å². The van der Waals surface area contributed by atoms with Gasteiger partial charge in [0.25, 0.3) is 5.91 Å². The molecule has 5 nitrogen and oxygen atoms in total. The number of benzene rings is 2. The fourth-order valence-corrected chi connectivity index (χ4v) is 4.93. The lowest BCUT2D eigenvalue weighted by Gasteiger charge is -2.33. The summed E-state index contributed by atoms with van der Waals surface area (Å²) in [7, 11) is 0. The Morgan fingerprint density at radius 2 is 1.81 bits per heavy atom. The molecule has 0 aromatic heterocycles. The number of nitrogens with one attached hydrogen (secondary N) is 1. The lowest BCUT2D eigenvalue weighted by molar-refractivity contribution is -0.127. The molecule has 1 unspecified atom stereocenters. The minimum Gasteiger partial charge on any atom is -0.326 e. The number of amides is 3. The molecule has 0 spiro atoms. The van der Waals surface area contributed by atoms with Crippen LogP contribution in [0, 0.1) is 0 Å². The van der Waals surface area contributed by atoms with Gasteiger partial charge in [-0.2, -0.15) is 0 Å². The summed E-state index contributed by atoms with van der Waals surface area (Å²) in [5.41, 5.74) is 2.51. The molecule has 2 aromatic carbocycles. The van der Waals surface area contributed by atoms with Crippen LogP contribution in [0.4, 0.5) is 4.79 Å². The highest BCUT2D eigenvalue weighted by molar-refractivity contribution is 6.30. The first-order valence-electron chi connectivity index (χ1n) is 11.2. The molecule has 4 rings (SSSR count). The van der Waals surface area contributed by atoms with Crippen molar-refractivity contribution in [1.29, 1.82) is 0 Å². The van der Waals surface area contributed by atoms with E-state index in [2.05, 4.69) is 40.5 Å². The molecule has 1 N–H and O–H groups in total. The van der Waals surface area contributed by atoms with Gasteiger partial charge in [0.05, 0.1) is 0 Å². The van der Waals surface area contributed by atoms with Gasteiger partial charge in [0.15, 0.2) is 0 Å². The average molecular weight is 440 g/mol. The van der Waals surface area contributed by atoms with Crippen LogP contribution in [0.3, 0.4) is 0 Å². The molecule has 0 aliphatic carbocycles. The normalized spacial score (nSPS) is 21.4. The molecule has 0 radical (unpaired) electrons. The largest absolute Gasteiger partial charge is 0.326 e. The highest BCUT2D eigenvalue weighted by Gasteiger charge is 2.36. The lowest BCUT2D eigenvalue weighted by atomic mass is 9.89. The molecular weight excluding hydrogens is 410 g/mol. The van der Waals surface area contributed by atoms with Gasteiger partial charge in [-0.1, -0.05) is 54.1 Å². The molecule has 2 saturated heterocycles. The summed E-state index contributed by atoms with van der Waals surface area (Å²) in [6, 6.07) is 17.8. The summed E-state index contributed by atoms with van der Waals surface area (Å²) in [5, 5.41) is 3.39. The van der Waals surface area contributed by atoms with Crippen molar-refractivity contribution in [2.75, 3.05) is 26.2 Å². The summed E-state index contributed by atoms with van der Waals surface area (Å²) in [6.45, 7) is 5.20. The van der Waals surface area contributed by atoms with Gasteiger partial charge in [0.1, 0.15) is 6.04 Å². The molecule has 31 heavy (non-hydrogen) atoms. The van der Waals surface area contributed by atoms with Gasteiger partial charge in [0, 0.05) is 17.5 Å². The summed E-state index contributed by atoms with van der Waals surface area (Å²) in [4.78, 5) is 28.6. The number of hydrogen-bond donors (Lipinski definition) is 1. The molecular formula is C25H30ClN3O2. The first-order chi connectivity index (χ1) is 15.0. The van der Waals surface area contributed by atoms with Crippen LogP contribution in [0.5, 0.6) is 0 Å². The van der Waals surface area contributed by atoms with Gasteiger partial charge in [-0.25, -0.2) is 4.79 Å². The van der Waals surface area contributed by atoms with E-state index in [9.17, 15) is 9.59 Å². The number of urea groups is 1. The van der Waals surface area contributed by atoms with Crippen LogP contribution in [-0.4, -0.2) is 54.0 Å². The average Bonchev–Trinajstić information content (AvgIpc) is 3.03. The summed E-state index contributed by atoms with van der Waals surface area (Å²) in [5.74, 6) is 0.542. The van der Waals surface area contributed by atoms with E-state index in [1.165, 1.54) is 10.5 Å². The third-order valence-corrected chi connectivity index (χ3v) is 6.83. The van der Waals surface area contributed by atoms with Crippen molar-refractivity contribution in [3.63, 3.8) is 0 Å². The first kappa shape index (κ1) is 21.8. The van der Waals surface area contributed by atoms with Crippen molar-refractivity contribution in [2.45, 2.75) is 44.1 Å². The quantitative estimate of drug-likeness (QED) is 0.640. The van der Waals surface area contributed by atoms with Gasteiger partial charge < -0.3 is 10.2 Å². The number of piperidine rings is 1. The van der Waals surface area contributed by atoms with Crippen LogP contribution in [0.1, 0.15) is 49.1 Å². The number of likely N-dealkylation sites (tertiary alicyclic amines) is 1. The first-order valence-corrected chi connectivity index (χ1v) is 11.5. The van der Waals surface area contributed by atoms with Gasteiger partial charge in [-0.3, -0.25) is 9.69 Å². The van der Waals surface area contributed by atoms with E-state index < -0.39 is 6.04 Å². The number of carbonyl (C=O) groups excluding carboxylic acids is 2. The van der Waals surface area contributed by atoms with Crippen molar-refractivity contribution >= 4 is 23.5 Å². The maximum atomic E-state index is 12.4. The molecule has 0 bridgehead atoms. The van der Waals surface area contributed by atoms with Crippen LogP contribution < -0.4 is 5.32 Å². The third-order valence-electron chi connectivity index (χ3n) is 6.60. The minimum absolute atomic E-state index is 0.0607. The predicted molar refractivity (Wildman–Crippen MR) is 123 cm³/mol. The van der Waals surface area contributed by atoms with E-state index in [0.717, 1.165) is 44.5 Å². The van der Waals surface area contributed by atoms with Crippen molar-refractivity contribution in [3.8, 4) is 0 Å². The fourth-order valence-electron chi connectivity index (χ4n) is 4.73. The second kappa shape index (κ2) is 9.84. The standard InChI is InChI=1S/C25H30ClN3O2/c1-18-24(30)29(25(31)27-18)17-22(21-8-5-9-23(26)16-21)12-15-28-13-10-20(11-14-28)19-6-3-2-4-7-19/h2-9,16,18,20,22H,10-15,17H2,1H3,(H,27,31)/t18-,22?/m1/s1. The van der Waals surface area contributed by atoms with E-state index in [0.29, 0.717) is 17.5 Å². The summed E-state index contributed by atoms with van der Waals surface area (Å²) >= 11 is 6.24. The number of nitrogens with zero attached hydrogens (tertiary/aromatic N) is 2. The Morgan fingerprint density at radius 1 is 1.06 bits per heavy atom. The second-order valence-electron chi connectivity index (χ2n) is 8.69. The Labute approximate surface area is 189 Å². The summed E-state index contributed by atoms with van der Waals surface area (Å²) < 4.78 is 0. The molecule has 3 amide bonds. The molecule has 164 valence electrons. The van der Waals surface area contributed by atoms with Crippen molar-refractivity contribution in [3.05, 3.63) is 70.7 Å². The van der Waals surface area contributed by atoms with E-state index >= 15 is 0 Å². The number of imide groups is 1. The Balaban J connectivity index is 1.39. The van der Waals surface area contributed by atoms with E-state index in [-0.39, 0.29) is 17.9 Å². The maximum Gasteiger partial charge on any atom is 0.324 e. The van der Waals surface area contributed by atoms with Gasteiger partial charge in [-0.05, 0) is 75.0 Å². The van der Waals surface area contributed by atoms with Crippen molar-refractivity contribution in [2.24, 2.45) is 0 Å². The lowest BCUT2D eigenvalue weighted by Crippen LogP contribution is -2.38. The van der Waals surface area contributed by atoms with Crippen LogP contribution in [0.25, 0.3) is 0 Å². The fraction of sp³-hybridized carbons (Fsp3) is 0.440. The molecule has 2 atom stereocenters. The Bertz CT molecular complexity index is 912. The number of carbonyl (C=O) groups is 2. The highest BCUT2D eigenvalue weighted by Crippen LogP contribution is 2.30. The molecule has 2 heterocycles. The molecule has 2 fully saturated rings.